The lowest BCUT2D eigenvalue weighted by Crippen LogP contribution is -2.49. The number of anilines is 5. The minimum Gasteiger partial charge on any atom is -0.481 e. The monoisotopic (exact) mass is 764 g/mol. The molecule has 0 atom stereocenters. The van der Waals surface area contributed by atoms with Crippen molar-refractivity contribution in [3.63, 3.8) is 0 Å². The van der Waals surface area contributed by atoms with Crippen LogP contribution in [-0.2, 0) is 9.59 Å². The first-order valence-electron chi connectivity index (χ1n) is 16.9. The maximum absolute atomic E-state index is 14.6. The van der Waals surface area contributed by atoms with Crippen molar-refractivity contribution in [3.05, 3.63) is 75.8 Å². The van der Waals surface area contributed by atoms with Crippen LogP contribution in [0.15, 0.2) is 48.7 Å². The second kappa shape index (κ2) is 17.0. The van der Waals surface area contributed by atoms with Crippen LogP contribution in [0.4, 0.5) is 37.3 Å². The van der Waals surface area contributed by atoms with Gasteiger partial charge in [-0.25, -0.2) is 24.1 Å². The van der Waals surface area contributed by atoms with Gasteiger partial charge in [0.25, 0.3) is 11.8 Å². The summed E-state index contributed by atoms with van der Waals surface area (Å²) in [5.41, 5.74) is 1.72. The smallest absolute Gasteiger partial charge is 0.328 e. The highest BCUT2D eigenvalue weighted by Gasteiger charge is 2.25. The fourth-order valence-corrected chi connectivity index (χ4v) is 6.79. The molecule has 4 heterocycles. The molecule has 0 saturated carbocycles. The molecular weight excluding hydrogens is 727 g/mol. The molecule has 278 valence electrons. The predicted molar refractivity (Wildman–Crippen MR) is 200 cm³/mol. The van der Waals surface area contributed by atoms with Crippen molar-refractivity contribution in [1.82, 2.24) is 30.5 Å². The molecule has 2 aromatic heterocycles. The van der Waals surface area contributed by atoms with Crippen LogP contribution in [0.5, 0.6) is 5.75 Å². The van der Waals surface area contributed by atoms with Gasteiger partial charge in [0.15, 0.2) is 23.3 Å². The second-order valence-corrected chi connectivity index (χ2v) is 13.8. The van der Waals surface area contributed by atoms with E-state index >= 15 is 0 Å². The van der Waals surface area contributed by atoms with E-state index in [4.69, 9.17) is 16.3 Å². The van der Waals surface area contributed by atoms with Gasteiger partial charge in [0, 0.05) is 63.5 Å². The summed E-state index contributed by atoms with van der Waals surface area (Å²) < 4.78 is 20.0. The molecule has 5 amide bonds. The molecule has 2 aliphatic heterocycles. The molecule has 15 nitrogen and oxygen atoms in total. The number of aryl methyl sites for hydroxylation is 2. The number of aromatic nitrogens is 3. The Bertz CT molecular complexity index is 1990. The number of hydrogen-bond donors (Lipinski definition) is 4. The predicted octanol–water partition coefficient (Wildman–Crippen LogP) is 4.49. The van der Waals surface area contributed by atoms with Crippen LogP contribution in [0.3, 0.4) is 0 Å². The van der Waals surface area contributed by atoms with Crippen molar-refractivity contribution in [2.24, 2.45) is 0 Å². The van der Waals surface area contributed by atoms with Gasteiger partial charge in [-0.2, -0.15) is 0 Å². The average molecular weight is 765 g/mol. The number of hydrogen-bond acceptors (Lipinski definition) is 12. The number of halogens is 2. The van der Waals surface area contributed by atoms with E-state index < -0.39 is 11.8 Å². The minimum absolute atomic E-state index is 0.112. The summed E-state index contributed by atoms with van der Waals surface area (Å²) in [5.74, 6) is 0.0722. The fraction of sp³-hybridized carbons (Fsp3) is 0.343. The maximum atomic E-state index is 14.6. The number of carbonyl (C=O) groups excluding carboxylic acids is 4. The van der Waals surface area contributed by atoms with Crippen molar-refractivity contribution >= 4 is 74.8 Å². The van der Waals surface area contributed by atoms with Crippen LogP contribution in [-0.4, -0.2) is 96.0 Å². The SMILES string of the molecule is Cc1nc(Nc2ncc(C(=O)Nc3c(C)cccc3Cl)s2)cc(N2CCN(CCCNC(=O)COc3ccc(N4CCC(=O)NC4=O)cc3F)CC2)n1. The van der Waals surface area contributed by atoms with Gasteiger partial charge in [-0.1, -0.05) is 35.1 Å². The van der Waals surface area contributed by atoms with Crippen LogP contribution in [0, 0.1) is 19.7 Å². The highest BCUT2D eigenvalue weighted by Crippen LogP contribution is 2.29. The van der Waals surface area contributed by atoms with Crippen LogP contribution in [0.2, 0.25) is 5.02 Å². The van der Waals surface area contributed by atoms with Crippen LogP contribution in [0.1, 0.15) is 33.9 Å². The third kappa shape index (κ3) is 9.74. The lowest BCUT2D eigenvalue weighted by Gasteiger charge is -2.35. The van der Waals surface area contributed by atoms with E-state index in [9.17, 15) is 23.6 Å². The molecule has 2 saturated heterocycles. The van der Waals surface area contributed by atoms with E-state index in [1.165, 1.54) is 34.6 Å². The van der Waals surface area contributed by atoms with Crippen molar-refractivity contribution in [1.29, 1.82) is 0 Å². The number of rotatable bonds is 13. The normalized spacial score (nSPS) is 14.9. The van der Waals surface area contributed by atoms with E-state index in [1.54, 1.807) is 6.07 Å². The van der Waals surface area contributed by atoms with Crippen molar-refractivity contribution < 1.29 is 28.3 Å². The Kier molecular flexibility index (Phi) is 12.0. The first kappa shape index (κ1) is 37.4. The molecule has 0 radical (unpaired) electrons. The number of imide groups is 1. The number of ether oxygens (including phenoxy) is 1. The van der Waals surface area contributed by atoms with E-state index in [2.05, 4.69) is 46.0 Å². The molecule has 6 rings (SSSR count). The van der Waals surface area contributed by atoms with Gasteiger partial charge in [0.05, 0.1) is 16.9 Å². The van der Waals surface area contributed by atoms with Gasteiger partial charge in [0.1, 0.15) is 22.3 Å². The summed E-state index contributed by atoms with van der Waals surface area (Å²) >= 11 is 7.47. The summed E-state index contributed by atoms with van der Waals surface area (Å²) in [4.78, 5) is 68.3. The number of benzene rings is 2. The third-order valence-electron chi connectivity index (χ3n) is 8.56. The maximum Gasteiger partial charge on any atom is 0.328 e. The van der Waals surface area contributed by atoms with Gasteiger partial charge >= 0.3 is 6.03 Å². The highest BCUT2D eigenvalue weighted by atomic mass is 35.5. The molecule has 0 unspecified atom stereocenters. The average Bonchev–Trinajstić information content (AvgIpc) is 3.60. The van der Waals surface area contributed by atoms with E-state index in [0.717, 1.165) is 56.6 Å². The number of piperazine rings is 1. The van der Waals surface area contributed by atoms with E-state index in [-0.39, 0.29) is 48.7 Å². The number of nitrogens with zero attached hydrogens (tertiary/aromatic N) is 6. The Morgan fingerprint density at radius 2 is 1.87 bits per heavy atom. The molecule has 0 spiro atoms. The molecule has 2 fully saturated rings. The van der Waals surface area contributed by atoms with E-state index in [0.29, 0.717) is 38.9 Å². The lowest BCUT2D eigenvalue weighted by atomic mass is 10.2. The zero-order valence-electron chi connectivity index (χ0n) is 29.1. The molecule has 2 aliphatic rings. The number of carbonyl (C=O) groups is 4. The summed E-state index contributed by atoms with van der Waals surface area (Å²) in [6, 6.07) is 10.7. The summed E-state index contributed by atoms with van der Waals surface area (Å²) in [5, 5.41) is 12.0. The summed E-state index contributed by atoms with van der Waals surface area (Å²) in [6.07, 6.45) is 2.36. The van der Waals surface area contributed by atoms with Crippen LogP contribution in [0.25, 0.3) is 0 Å². The number of thiazole rings is 1. The van der Waals surface area contributed by atoms with Crippen molar-refractivity contribution in [2.75, 3.05) is 72.9 Å². The van der Waals surface area contributed by atoms with E-state index in [1.807, 2.05) is 32.0 Å². The lowest BCUT2D eigenvalue weighted by molar-refractivity contribution is -0.123. The molecule has 2 aromatic carbocycles. The van der Waals surface area contributed by atoms with Gasteiger partial charge in [-0.05, 0) is 50.6 Å². The molecule has 0 bridgehead atoms. The fourth-order valence-electron chi connectivity index (χ4n) is 5.80. The van der Waals surface area contributed by atoms with Gasteiger partial charge in [-0.15, -0.1) is 0 Å². The number of amides is 5. The molecule has 4 aromatic rings. The Morgan fingerprint density at radius 1 is 1.06 bits per heavy atom. The molecular formula is C35H38ClFN10O5S. The summed E-state index contributed by atoms with van der Waals surface area (Å²) in [7, 11) is 0. The summed E-state index contributed by atoms with van der Waals surface area (Å²) in [6.45, 7) is 7.84. The zero-order chi connectivity index (χ0) is 37.5. The molecule has 18 heteroatoms. The first-order valence-corrected chi connectivity index (χ1v) is 18.1. The first-order chi connectivity index (χ1) is 25.5. The van der Waals surface area contributed by atoms with Crippen molar-refractivity contribution in [3.8, 4) is 5.75 Å². The molecule has 53 heavy (non-hydrogen) atoms. The number of nitrogens with one attached hydrogen (secondary N) is 4. The Hall–Kier alpha value is -5.39. The highest BCUT2D eigenvalue weighted by molar-refractivity contribution is 7.17. The number of para-hydroxylation sites is 1. The topological polar surface area (TPSA) is 174 Å². The minimum atomic E-state index is -0.719. The molecule has 0 aliphatic carbocycles. The van der Waals surface area contributed by atoms with Gasteiger partial charge < -0.3 is 25.6 Å². The van der Waals surface area contributed by atoms with Crippen molar-refractivity contribution in [2.45, 2.75) is 26.7 Å². The van der Waals surface area contributed by atoms with Crippen LogP contribution < -0.4 is 35.8 Å². The second-order valence-electron chi connectivity index (χ2n) is 12.4. The standard InChI is InChI=1S/C35H38ClFN10O5S/c1-21-5-3-6-24(36)32(21)44-33(50)27-19-39-34(53-27)42-28-18-29(41-22(2)40-28)46-15-13-45(14-16-46)11-4-10-38-31(49)20-52-26-8-7-23(17-25(26)37)47-12-9-30(48)43-35(47)51/h3,5-8,17-19H,4,9-16,20H2,1-2H3,(H,38,49)(H,44,50)(H,43,48,51)(H,39,40,41,42). The van der Waals surface area contributed by atoms with Gasteiger partial charge in [0.2, 0.25) is 5.91 Å². The van der Waals surface area contributed by atoms with Gasteiger partial charge in [-0.3, -0.25) is 29.5 Å². The third-order valence-corrected chi connectivity index (χ3v) is 9.79. The Labute approximate surface area is 313 Å². The quantitative estimate of drug-likeness (QED) is 0.141. The Morgan fingerprint density at radius 3 is 2.62 bits per heavy atom. The van der Waals surface area contributed by atoms with Crippen LogP contribution >= 0.6 is 22.9 Å². The zero-order valence-corrected chi connectivity index (χ0v) is 30.7. The molecule has 4 N–H and O–H groups in total. The Balaban J connectivity index is 0.906. The number of urea groups is 1. The largest absolute Gasteiger partial charge is 0.481 e.